The Morgan fingerprint density at radius 3 is 2.22 bits per heavy atom. The standard InChI is InChI=1S/C14H21ClO2S/c1-3-5-7-12-9-10-13(8-6-4-2)14(11-12)18(15,16)17/h9-11H,3-8H2,1-2H3. The number of benzene rings is 1. The number of halogens is 1. The van der Waals surface area contributed by atoms with Crippen LogP contribution in [0.5, 0.6) is 0 Å². The molecule has 18 heavy (non-hydrogen) atoms. The fourth-order valence-corrected chi connectivity index (χ4v) is 3.14. The van der Waals surface area contributed by atoms with E-state index in [9.17, 15) is 8.42 Å². The van der Waals surface area contributed by atoms with Gasteiger partial charge in [-0.2, -0.15) is 0 Å². The zero-order valence-electron chi connectivity index (χ0n) is 11.1. The average molecular weight is 289 g/mol. The summed E-state index contributed by atoms with van der Waals surface area (Å²) in [6.45, 7) is 4.21. The molecule has 0 aliphatic rings. The molecule has 1 rings (SSSR count). The van der Waals surface area contributed by atoms with Crippen molar-refractivity contribution in [3.63, 3.8) is 0 Å². The van der Waals surface area contributed by atoms with Crippen LogP contribution < -0.4 is 0 Å². The van der Waals surface area contributed by atoms with E-state index in [1.807, 2.05) is 12.1 Å². The average Bonchev–Trinajstić information content (AvgIpc) is 2.33. The van der Waals surface area contributed by atoms with E-state index in [0.717, 1.165) is 49.7 Å². The zero-order chi connectivity index (χ0) is 13.6. The van der Waals surface area contributed by atoms with Crippen LogP contribution >= 0.6 is 10.7 Å². The normalized spacial score (nSPS) is 11.7. The number of aryl methyl sites for hydroxylation is 2. The molecule has 0 atom stereocenters. The first-order valence-electron chi connectivity index (χ1n) is 6.55. The Kier molecular flexibility index (Phi) is 6.16. The SMILES string of the molecule is CCCCc1ccc(CCCC)c(S(=O)(=O)Cl)c1. The molecule has 2 nitrogen and oxygen atoms in total. The highest BCUT2D eigenvalue weighted by Crippen LogP contribution is 2.24. The molecule has 102 valence electrons. The highest BCUT2D eigenvalue weighted by atomic mass is 35.7. The zero-order valence-corrected chi connectivity index (χ0v) is 12.6. The second-order valence-corrected chi connectivity index (χ2v) is 7.12. The van der Waals surface area contributed by atoms with Crippen molar-refractivity contribution in [2.75, 3.05) is 0 Å². The van der Waals surface area contributed by atoms with Crippen LogP contribution in [0.3, 0.4) is 0 Å². The van der Waals surface area contributed by atoms with E-state index >= 15 is 0 Å². The molecule has 0 saturated carbocycles. The predicted octanol–water partition coefficient (Wildman–Crippen LogP) is 4.30. The summed E-state index contributed by atoms with van der Waals surface area (Å²) in [7, 11) is 1.88. The number of unbranched alkanes of at least 4 members (excludes halogenated alkanes) is 2. The van der Waals surface area contributed by atoms with Crippen LogP contribution in [0.15, 0.2) is 23.1 Å². The van der Waals surface area contributed by atoms with Crippen LogP contribution in [0.25, 0.3) is 0 Å². The van der Waals surface area contributed by atoms with Gasteiger partial charge in [0, 0.05) is 10.7 Å². The van der Waals surface area contributed by atoms with Gasteiger partial charge in [0.05, 0.1) is 4.90 Å². The van der Waals surface area contributed by atoms with E-state index in [2.05, 4.69) is 13.8 Å². The summed E-state index contributed by atoms with van der Waals surface area (Å²) < 4.78 is 23.2. The van der Waals surface area contributed by atoms with Crippen molar-refractivity contribution < 1.29 is 8.42 Å². The molecule has 0 N–H and O–H groups in total. The van der Waals surface area contributed by atoms with Crippen LogP contribution in [0.2, 0.25) is 0 Å². The van der Waals surface area contributed by atoms with Gasteiger partial charge in [-0.05, 0) is 42.9 Å². The third kappa shape index (κ3) is 4.62. The van der Waals surface area contributed by atoms with Crippen molar-refractivity contribution in [1.82, 2.24) is 0 Å². The monoisotopic (exact) mass is 288 g/mol. The lowest BCUT2D eigenvalue weighted by Gasteiger charge is -2.09. The summed E-state index contributed by atoms with van der Waals surface area (Å²) in [6, 6.07) is 5.67. The van der Waals surface area contributed by atoms with Crippen molar-refractivity contribution in [3.8, 4) is 0 Å². The van der Waals surface area contributed by atoms with Gasteiger partial charge in [0.15, 0.2) is 0 Å². The van der Waals surface area contributed by atoms with Gasteiger partial charge in [-0.1, -0.05) is 38.8 Å². The minimum Gasteiger partial charge on any atom is -0.207 e. The Balaban J connectivity index is 3.05. The minimum absolute atomic E-state index is 0.297. The summed E-state index contributed by atoms with van der Waals surface area (Å²) in [5.74, 6) is 0. The quantitative estimate of drug-likeness (QED) is 0.701. The van der Waals surface area contributed by atoms with Gasteiger partial charge >= 0.3 is 0 Å². The van der Waals surface area contributed by atoms with Crippen molar-refractivity contribution in [2.45, 2.75) is 57.3 Å². The summed E-state index contributed by atoms with van der Waals surface area (Å²) in [6.07, 6.45) is 5.86. The number of hydrogen-bond acceptors (Lipinski definition) is 2. The van der Waals surface area contributed by atoms with Gasteiger partial charge < -0.3 is 0 Å². The lowest BCUT2D eigenvalue weighted by Crippen LogP contribution is -2.00. The molecule has 0 saturated heterocycles. The van der Waals surface area contributed by atoms with Gasteiger partial charge in [0.25, 0.3) is 9.05 Å². The van der Waals surface area contributed by atoms with E-state index in [-0.39, 0.29) is 0 Å². The van der Waals surface area contributed by atoms with Crippen molar-refractivity contribution in [3.05, 3.63) is 29.3 Å². The molecule has 4 heteroatoms. The van der Waals surface area contributed by atoms with Gasteiger partial charge in [0.2, 0.25) is 0 Å². The molecule has 0 heterocycles. The Morgan fingerprint density at radius 1 is 1.06 bits per heavy atom. The lowest BCUT2D eigenvalue weighted by atomic mass is 10.0. The maximum absolute atomic E-state index is 11.6. The predicted molar refractivity (Wildman–Crippen MR) is 76.7 cm³/mol. The van der Waals surface area contributed by atoms with E-state index < -0.39 is 9.05 Å². The smallest absolute Gasteiger partial charge is 0.207 e. The summed E-state index contributed by atoms with van der Waals surface area (Å²) in [5.41, 5.74) is 1.89. The van der Waals surface area contributed by atoms with E-state index in [1.54, 1.807) is 6.07 Å². The molecule has 0 bridgehead atoms. The summed E-state index contributed by atoms with van der Waals surface area (Å²) >= 11 is 0. The fraction of sp³-hybridized carbons (Fsp3) is 0.571. The van der Waals surface area contributed by atoms with Crippen LogP contribution in [-0.4, -0.2) is 8.42 Å². The number of rotatable bonds is 7. The maximum Gasteiger partial charge on any atom is 0.261 e. The molecule has 0 aliphatic carbocycles. The third-order valence-corrected chi connectivity index (χ3v) is 4.42. The molecular formula is C14H21ClO2S. The third-order valence-electron chi connectivity index (χ3n) is 3.01. The number of hydrogen-bond donors (Lipinski definition) is 0. The lowest BCUT2D eigenvalue weighted by molar-refractivity contribution is 0.607. The molecule has 0 amide bonds. The second-order valence-electron chi connectivity index (χ2n) is 4.59. The highest BCUT2D eigenvalue weighted by molar-refractivity contribution is 8.13. The molecule has 0 spiro atoms. The molecular weight excluding hydrogens is 268 g/mol. The van der Waals surface area contributed by atoms with Gasteiger partial charge in [0.1, 0.15) is 0 Å². The molecule has 0 radical (unpaired) electrons. The first kappa shape index (κ1) is 15.5. The summed E-state index contributed by atoms with van der Waals surface area (Å²) in [5, 5.41) is 0. The Labute approximate surface area is 115 Å². The molecule has 0 aliphatic heterocycles. The molecule has 0 aromatic heterocycles. The molecule has 0 unspecified atom stereocenters. The molecule has 1 aromatic rings. The van der Waals surface area contributed by atoms with Crippen molar-refractivity contribution >= 4 is 19.7 Å². The first-order chi connectivity index (χ1) is 8.49. The largest absolute Gasteiger partial charge is 0.261 e. The Hall–Kier alpha value is -0.540. The molecule has 1 aromatic carbocycles. The van der Waals surface area contributed by atoms with Crippen LogP contribution in [0, 0.1) is 0 Å². The van der Waals surface area contributed by atoms with Crippen LogP contribution in [-0.2, 0) is 21.9 Å². The minimum atomic E-state index is -3.64. The second kappa shape index (κ2) is 7.15. The van der Waals surface area contributed by atoms with Crippen molar-refractivity contribution in [2.24, 2.45) is 0 Å². The van der Waals surface area contributed by atoms with E-state index in [1.165, 1.54) is 0 Å². The van der Waals surface area contributed by atoms with Crippen molar-refractivity contribution in [1.29, 1.82) is 0 Å². The Morgan fingerprint density at radius 2 is 1.67 bits per heavy atom. The summed E-state index contributed by atoms with van der Waals surface area (Å²) in [4.78, 5) is 0.297. The Bertz CT molecular complexity index is 481. The van der Waals surface area contributed by atoms with Gasteiger partial charge in [-0.3, -0.25) is 0 Å². The molecule has 0 fully saturated rings. The maximum atomic E-state index is 11.6. The van der Waals surface area contributed by atoms with E-state index in [0.29, 0.717) is 4.90 Å². The van der Waals surface area contributed by atoms with E-state index in [4.69, 9.17) is 10.7 Å². The fourth-order valence-electron chi connectivity index (χ4n) is 1.94. The van der Waals surface area contributed by atoms with Gasteiger partial charge in [-0.15, -0.1) is 0 Å². The topological polar surface area (TPSA) is 34.1 Å². The van der Waals surface area contributed by atoms with Crippen LogP contribution in [0.1, 0.15) is 50.7 Å². The van der Waals surface area contributed by atoms with Crippen LogP contribution in [0.4, 0.5) is 0 Å². The highest BCUT2D eigenvalue weighted by Gasteiger charge is 2.15. The first-order valence-corrected chi connectivity index (χ1v) is 8.86. The van der Waals surface area contributed by atoms with Gasteiger partial charge in [-0.25, -0.2) is 8.42 Å².